The summed E-state index contributed by atoms with van der Waals surface area (Å²) in [5.41, 5.74) is 3.52. The van der Waals surface area contributed by atoms with Gasteiger partial charge in [-0.1, -0.05) is 54.3 Å². The Morgan fingerprint density at radius 1 is 1.00 bits per heavy atom. The molecule has 0 spiro atoms. The number of benzene rings is 2. The molecule has 1 saturated heterocycles. The molecule has 25 heavy (non-hydrogen) atoms. The molecule has 130 valence electrons. The van der Waals surface area contributed by atoms with Gasteiger partial charge in [-0.05, 0) is 30.2 Å². The van der Waals surface area contributed by atoms with Crippen LogP contribution in [-0.2, 0) is 22.6 Å². The molecule has 1 aliphatic heterocycles. The Bertz CT molecular complexity index is 694. The lowest BCUT2D eigenvalue weighted by Gasteiger charge is -2.26. The molecule has 0 radical (unpaired) electrons. The first-order valence-electron chi connectivity index (χ1n) is 8.86. The molecule has 1 fully saturated rings. The topological polar surface area (TPSA) is 21.7 Å². The molecule has 2 aromatic carbocycles. The van der Waals surface area contributed by atoms with Gasteiger partial charge in [0.05, 0.1) is 19.8 Å². The van der Waals surface area contributed by atoms with Crippen LogP contribution in [-0.4, -0.2) is 37.3 Å². The molecule has 3 rings (SSSR count). The van der Waals surface area contributed by atoms with E-state index in [0.29, 0.717) is 6.61 Å². The Hall–Kier alpha value is -2.12. The first kappa shape index (κ1) is 17.7. The summed E-state index contributed by atoms with van der Waals surface area (Å²) in [4.78, 5) is 2.42. The van der Waals surface area contributed by atoms with Crippen LogP contribution in [0.4, 0.5) is 0 Å². The van der Waals surface area contributed by atoms with Crippen molar-refractivity contribution in [1.82, 2.24) is 4.90 Å². The summed E-state index contributed by atoms with van der Waals surface area (Å²) in [5, 5.41) is 0. The van der Waals surface area contributed by atoms with Gasteiger partial charge in [0.15, 0.2) is 0 Å². The van der Waals surface area contributed by atoms with Crippen molar-refractivity contribution in [2.75, 3.05) is 26.3 Å². The molecular weight excluding hydrogens is 310 g/mol. The summed E-state index contributed by atoms with van der Waals surface area (Å²) >= 11 is 0. The van der Waals surface area contributed by atoms with Crippen molar-refractivity contribution < 1.29 is 9.47 Å². The standard InChI is InChI=1S/C22H25NO2/c1-19(25-18-22-5-3-2-4-6-22)7-8-20-9-11-21(12-10-20)17-23-13-15-24-16-14-23/h2-6,9-12,19H,13-18H2,1H3. The minimum absolute atomic E-state index is 0.0896. The Labute approximate surface area is 150 Å². The molecular formula is C22H25NO2. The average molecular weight is 335 g/mol. The lowest BCUT2D eigenvalue weighted by Crippen LogP contribution is -2.35. The van der Waals surface area contributed by atoms with E-state index in [4.69, 9.17) is 9.47 Å². The van der Waals surface area contributed by atoms with Crippen LogP contribution in [0.5, 0.6) is 0 Å². The van der Waals surface area contributed by atoms with Gasteiger partial charge in [-0.3, -0.25) is 4.90 Å². The second-order valence-corrected chi connectivity index (χ2v) is 6.29. The first-order valence-corrected chi connectivity index (χ1v) is 8.86. The molecule has 2 aromatic rings. The van der Waals surface area contributed by atoms with Gasteiger partial charge in [-0.2, -0.15) is 0 Å². The Balaban J connectivity index is 1.48. The van der Waals surface area contributed by atoms with Gasteiger partial charge < -0.3 is 9.47 Å². The van der Waals surface area contributed by atoms with Crippen LogP contribution in [0.2, 0.25) is 0 Å². The van der Waals surface area contributed by atoms with E-state index in [1.807, 2.05) is 25.1 Å². The number of hydrogen-bond donors (Lipinski definition) is 0. The van der Waals surface area contributed by atoms with Crippen LogP contribution in [0, 0.1) is 11.8 Å². The average Bonchev–Trinajstić information content (AvgIpc) is 2.67. The summed E-state index contributed by atoms with van der Waals surface area (Å²) in [5.74, 6) is 6.37. The van der Waals surface area contributed by atoms with Gasteiger partial charge in [-0.25, -0.2) is 0 Å². The molecule has 0 saturated carbocycles. The van der Waals surface area contributed by atoms with E-state index in [-0.39, 0.29) is 6.10 Å². The van der Waals surface area contributed by atoms with Gasteiger partial charge in [0.25, 0.3) is 0 Å². The number of nitrogens with zero attached hydrogens (tertiary/aromatic N) is 1. The van der Waals surface area contributed by atoms with Gasteiger partial charge >= 0.3 is 0 Å². The van der Waals surface area contributed by atoms with Crippen LogP contribution in [0.25, 0.3) is 0 Å². The summed E-state index contributed by atoms with van der Waals surface area (Å²) < 4.78 is 11.2. The number of ether oxygens (including phenoxy) is 2. The van der Waals surface area contributed by atoms with Gasteiger partial charge in [0.1, 0.15) is 6.10 Å². The van der Waals surface area contributed by atoms with Crippen LogP contribution in [0.1, 0.15) is 23.6 Å². The number of rotatable bonds is 5. The number of hydrogen-bond acceptors (Lipinski definition) is 3. The minimum atomic E-state index is -0.0896. The highest BCUT2D eigenvalue weighted by molar-refractivity contribution is 5.36. The lowest BCUT2D eigenvalue weighted by molar-refractivity contribution is 0.0342. The van der Waals surface area contributed by atoms with E-state index in [1.54, 1.807) is 0 Å². The SMILES string of the molecule is CC(C#Cc1ccc(CN2CCOCC2)cc1)OCc1ccccc1. The Morgan fingerprint density at radius 2 is 1.72 bits per heavy atom. The molecule has 3 nitrogen and oxygen atoms in total. The zero-order chi connectivity index (χ0) is 17.3. The smallest absolute Gasteiger partial charge is 0.116 e. The summed E-state index contributed by atoms with van der Waals surface area (Å²) in [7, 11) is 0. The third-order valence-corrected chi connectivity index (χ3v) is 4.23. The molecule has 0 aromatic heterocycles. The van der Waals surface area contributed by atoms with E-state index >= 15 is 0 Å². The zero-order valence-electron chi connectivity index (χ0n) is 14.8. The maximum Gasteiger partial charge on any atom is 0.116 e. The van der Waals surface area contributed by atoms with Crippen molar-refractivity contribution in [2.45, 2.75) is 26.2 Å². The van der Waals surface area contributed by atoms with Crippen molar-refractivity contribution in [3.8, 4) is 11.8 Å². The minimum Gasteiger partial charge on any atom is -0.379 e. The second-order valence-electron chi connectivity index (χ2n) is 6.29. The van der Waals surface area contributed by atoms with Crippen LogP contribution >= 0.6 is 0 Å². The summed E-state index contributed by atoms with van der Waals surface area (Å²) in [6, 6.07) is 18.7. The van der Waals surface area contributed by atoms with Crippen LogP contribution < -0.4 is 0 Å². The molecule has 0 N–H and O–H groups in total. The van der Waals surface area contributed by atoms with Gasteiger partial charge in [0, 0.05) is 25.2 Å². The van der Waals surface area contributed by atoms with E-state index in [9.17, 15) is 0 Å². The molecule has 1 heterocycles. The highest BCUT2D eigenvalue weighted by Gasteiger charge is 2.10. The third kappa shape index (κ3) is 6.03. The molecule has 1 aliphatic rings. The summed E-state index contributed by atoms with van der Waals surface area (Å²) in [6.45, 7) is 7.26. The van der Waals surface area contributed by atoms with E-state index in [0.717, 1.165) is 38.4 Å². The maximum atomic E-state index is 5.78. The van der Waals surface area contributed by atoms with Crippen LogP contribution in [0.15, 0.2) is 54.6 Å². The van der Waals surface area contributed by atoms with E-state index in [2.05, 4.69) is 53.1 Å². The normalized spacial score (nSPS) is 16.0. The number of morpholine rings is 1. The zero-order valence-corrected chi connectivity index (χ0v) is 14.8. The predicted molar refractivity (Wildman–Crippen MR) is 100 cm³/mol. The Kier molecular flexibility index (Phi) is 6.64. The Morgan fingerprint density at radius 3 is 2.44 bits per heavy atom. The highest BCUT2D eigenvalue weighted by Crippen LogP contribution is 2.09. The van der Waals surface area contributed by atoms with Crippen molar-refractivity contribution in [2.24, 2.45) is 0 Å². The highest BCUT2D eigenvalue weighted by atomic mass is 16.5. The van der Waals surface area contributed by atoms with Gasteiger partial charge in [0.2, 0.25) is 0 Å². The quantitative estimate of drug-likeness (QED) is 0.781. The molecule has 1 unspecified atom stereocenters. The second kappa shape index (κ2) is 9.39. The molecule has 3 heteroatoms. The monoisotopic (exact) mass is 335 g/mol. The molecule has 0 aliphatic carbocycles. The fourth-order valence-corrected chi connectivity index (χ4v) is 2.73. The summed E-state index contributed by atoms with van der Waals surface area (Å²) in [6.07, 6.45) is -0.0896. The van der Waals surface area contributed by atoms with Crippen molar-refractivity contribution in [3.63, 3.8) is 0 Å². The fraction of sp³-hybridized carbons (Fsp3) is 0.364. The molecule has 0 amide bonds. The fourth-order valence-electron chi connectivity index (χ4n) is 2.73. The van der Waals surface area contributed by atoms with Crippen LogP contribution in [0.3, 0.4) is 0 Å². The third-order valence-electron chi connectivity index (χ3n) is 4.23. The van der Waals surface area contributed by atoms with E-state index in [1.165, 1.54) is 11.1 Å². The first-order chi connectivity index (χ1) is 12.3. The predicted octanol–water partition coefficient (Wildman–Crippen LogP) is 3.48. The van der Waals surface area contributed by atoms with Crippen molar-refractivity contribution in [1.29, 1.82) is 0 Å². The molecule has 1 atom stereocenters. The molecule has 0 bridgehead atoms. The van der Waals surface area contributed by atoms with Crippen molar-refractivity contribution in [3.05, 3.63) is 71.3 Å². The maximum absolute atomic E-state index is 5.78. The van der Waals surface area contributed by atoms with Gasteiger partial charge in [-0.15, -0.1) is 0 Å². The largest absolute Gasteiger partial charge is 0.379 e. The van der Waals surface area contributed by atoms with Crippen molar-refractivity contribution >= 4 is 0 Å². The lowest BCUT2D eigenvalue weighted by atomic mass is 10.1. The van der Waals surface area contributed by atoms with E-state index < -0.39 is 0 Å².